The van der Waals surface area contributed by atoms with Gasteiger partial charge < -0.3 is 10.2 Å². The summed E-state index contributed by atoms with van der Waals surface area (Å²) in [5, 5.41) is 5.89. The van der Waals surface area contributed by atoms with Crippen LogP contribution in [0.4, 0.5) is 5.69 Å². The van der Waals surface area contributed by atoms with Gasteiger partial charge in [-0.1, -0.05) is 12.1 Å². The lowest BCUT2D eigenvalue weighted by molar-refractivity contribution is -0.136. The highest BCUT2D eigenvalue weighted by Gasteiger charge is 2.20. The van der Waals surface area contributed by atoms with Crippen LogP contribution in [-0.4, -0.2) is 34.8 Å². The molecule has 1 aromatic carbocycles. The van der Waals surface area contributed by atoms with Crippen molar-refractivity contribution in [1.82, 2.24) is 9.88 Å². The smallest absolute Gasteiger partial charge is 0.243 e. The lowest BCUT2D eigenvalue weighted by atomic mass is 10.1. The number of hydrogen-bond donors (Lipinski definition) is 1. The Labute approximate surface area is 139 Å². The average Bonchev–Trinajstić information content (AvgIpc) is 2.97. The lowest BCUT2D eigenvalue weighted by Crippen LogP contribution is -2.40. The van der Waals surface area contributed by atoms with Gasteiger partial charge in [0.15, 0.2) is 0 Å². The topological polar surface area (TPSA) is 62.3 Å². The Balaban J connectivity index is 1.59. The van der Waals surface area contributed by atoms with E-state index >= 15 is 0 Å². The Morgan fingerprint density at radius 3 is 2.74 bits per heavy atom. The molecule has 1 aromatic heterocycles. The van der Waals surface area contributed by atoms with Crippen LogP contribution in [-0.2, 0) is 9.59 Å². The summed E-state index contributed by atoms with van der Waals surface area (Å²) in [7, 11) is 0. The van der Waals surface area contributed by atoms with Crippen LogP contribution in [0.25, 0.3) is 11.3 Å². The van der Waals surface area contributed by atoms with E-state index in [0.717, 1.165) is 34.8 Å². The number of carbonyl (C=O) groups excluding carboxylic acids is 2. The van der Waals surface area contributed by atoms with Gasteiger partial charge in [0, 0.05) is 29.6 Å². The number of hydrogen-bond acceptors (Lipinski definition) is 4. The maximum absolute atomic E-state index is 12.1. The summed E-state index contributed by atoms with van der Waals surface area (Å²) in [6.07, 6.45) is 2.45. The third-order valence-electron chi connectivity index (χ3n) is 3.84. The van der Waals surface area contributed by atoms with Crippen molar-refractivity contribution < 1.29 is 9.59 Å². The zero-order valence-corrected chi connectivity index (χ0v) is 13.9. The van der Waals surface area contributed by atoms with Gasteiger partial charge >= 0.3 is 0 Å². The minimum atomic E-state index is -0.155. The zero-order valence-electron chi connectivity index (χ0n) is 13.0. The SMILES string of the molecule is Cc1nc(-c2ccc(NC(=O)CN3CCCCC3=O)cc2)cs1. The Morgan fingerprint density at radius 2 is 2.09 bits per heavy atom. The summed E-state index contributed by atoms with van der Waals surface area (Å²) in [6.45, 7) is 2.78. The van der Waals surface area contributed by atoms with E-state index in [1.807, 2.05) is 36.6 Å². The van der Waals surface area contributed by atoms with Crippen molar-refractivity contribution in [2.45, 2.75) is 26.2 Å². The second kappa shape index (κ2) is 6.91. The van der Waals surface area contributed by atoms with E-state index in [9.17, 15) is 9.59 Å². The van der Waals surface area contributed by atoms with Crippen LogP contribution >= 0.6 is 11.3 Å². The quantitative estimate of drug-likeness (QED) is 0.937. The number of likely N-dealkylation sites (tertiary alicyclic amines) is 1. The molecule has 0 radical (unpaired) electrons. The molecule has 0 saturated carbocycles. The molecule has 2 heterocycles. The van der Waals surface area contributed by atoms with Crippen molar-refractivity contribution in [2.75, 3.05) is 18.4 Å². The molecule has 3 rings (SSSR count). The first-order valence-electron chi connectivity index (χ1n) is 7.72. The first-order valence-corrected chi connectivity index (χ1v) is 8.60. The third kappa shape index (κ3) is 3.96. The molecule has 1 aliphatic heterocycles. The van der Waals surface area contributed by atoms with Crippen LogP contribution in [0.5, 0.6) is 0 Å². The number of nitrogens with one attached hydrogen (secondary N) is 1. The van der Waals surface area contributed by atoms with Crippen LogP contribution in [0.3, 0.4) is 0 Å². The van der Waals surface area contributed by atoms with Crippen molar-refractivity contribution in [3.8, 4) is 11.3 Å². The zero-order chi connectivity index (χ0) is 16.2. The number of rotatable bonds is 4. The number of amides is 2. The van der Waals surface area contributed by atoms with E-state index in [1.165, 1.54) is 0 Å². The van der Waals surface area contributed by atoms with Crippen molar-refractivity contribution in [3.63, 3.8) is 0 Å². The van der Waals surface area contributed by atoms with E-state index in [2.05, 4.69) is 10.3 Å². The normalized spacial score (nSPS) is 14.8. The fourth-order valence-corrected chi connectivity index (χ4v) is 3.25. The molecule has 120 valence electrons. The number of carbonyl (C=O) groups is 2. The second-order valence-electron chi connectivity index (χ2n) is 5.65. The van der Waals surface area contributed by atoms with Crippen molar-refractivity contribution in [2.24, 2.45) is 0 Å². The van der Waals surface area contributed by atoms with E-state index in [4.69, 9.17) is 0 Å². The van der Waals surface area contributed by atoms with E-state index in [0.29, 0.717) is 13.0 Å². The number of piperidine rings is 1. The minimum Gasteiger partial charge on any atom is -0.333 e. The predicted molar refractivity (Wildman–Crippen MR) is 91.3 cm³/mol. The van der Waals surface area contributed by atoms with Crippen LogP contribution in [0.2, 0.25) is 0 Å². The molecular weight excluding hydrogens is 310 g/mol. The van der Waals surface area contributed by atoms with Gasteiger partial charge in [0.1, 0.15) is 0 Å². The van der Waals surface area contributed by atoms with Gasteiger partial charge in [0.25, 0.3) is 0 Å². The highest BCUT2D eigenvalue weighted by Crippen LogP contribution is 2.23. The molecule has 1 saturated heterocycles. The van der Waals surface area contributed by atoms with Gasteiger partial charge in [0.2, 0.25) is 11.8 Å². The molecule has 0 aliphatic carbocycles. The number of thiazole rings is 1. The molecule has 1 aliphatic rings. The summed E-state index contributed by atoms with van der Waals surface area (Å²) in [6, 6.07) is 7.60. The molecule has 6 heteroatoms. The predicted octanol–water partition coefficient (Wildman–Crippen LogP) is 3.07. The van der Waals surface area contributed by atoms with Crippen molar-refractivity contribution >= 4 is 28.8 Å². The molecule has 23 heavy (non-hydrogen) atoms. The van der Waals surface area contributed by atoms with E-state index in [-0.39, 0.29) is 18.4 Å². The van der Waals surface area contributed by atoms with Crippen molar-refractivity contribution in [3.05, 3.63) is 34.7 Å². The molecule has 0 spiro atoms. The molecule has 1 N–H and O–H groups in total. The molecule has 2 aromatic rings. The number of aryl methyl sites for hydroxylation is 1. The second-order valence-corrected chi connectivity index (χ2v) is 6.71. The summed E-state index contributed by atoms with van der Waals surface area (Å²) < 4.78 is 0. The Kier molecular flexibility index (Phi) is 4.71. The first-order chi connectivity index (χ1) is 11.1. The number of anilines is 1. The fourth-order valence-electron chi connectivity index (χ4n) is 2.62. The van der Waals surface area contributed by atoms with Gasteiger partial charge in [0.05, 0.1) is 17.2 Å². The van der Waals surface area contributed by atoms with E-state index < -0.39 is 0 Å². The molecule has 2 amide bonds. The summed E-state index contributed by atoms with van der Waals surface area (Å²) >= 11 is 1.62. The maximum Gasteiger partial charge on any atom is 0.243 e. The number of benzene rings is 1. The molecular formula is C17H19N3O2S. The molecule has 1 fully saturated rings. The number of nitrogens with zero attached hydrogens (tertiary/aromatic N) is 2. The van der Waals surface area contributed by atoms with E-state index in [1.54, 1.807) is 16.2 Å². The summed E-state index contributed by atoms with van der Waals surface area (Å²) in [5.41, 5.74) is 2.71. The van der Waals surface area contributed by atoms with Gasteiger partial charge in [-0.05, 0) is 31.9 Å². The third-order valence-corrected chi connectivity index (χ3v) is 4.61. The van der Waals surface area contributed by atoms with Gasteiger partial charge in [-0.3, -0.25) is 9.59 Å². The Morgan fingerprint density at radius 1 is 1.30 bits per heavy atom. The molecule has 0 bridgehead atoms. The van der Waals surface area contributed by atoms with Crippen LogP contribution < -0.4 is 5.32 Å². The Bertz CT molecular complexity index is 709. The van der Waals surface area contributed by atoms with Crippen molar-refractivity contribution in [1.29, 1.82) is 0 Å². The maximum atomic E-state index is 12.1. The standard InChI is InChI=1S/C17H19N3O2S/c1-12-18-15(11-23-12)13-5-7-14(8-6-13)19-16(21)10-20-9-3-2-4-17(20)22/h5-8,11H,2-4,9-10H2,1H3,(H,19,21). The number of aromatic nitrogens is 1. The molecule has 5 nitrogen and oxygen atoms in total. The summed E-state index contributed by atoms with van der Waals surface area (Å²) in [4.78, 5) is 29.9. The monoisotopic (exact) mass is 329 g/mol. The minimum absolute atomic E-state index is 0.0700. The van der Waals surface area contributed by atoms with Gasteiger partial charge in [-0.15, -0.1) is 11.3 Å². The van der Waals surface area contributed by atoms with Crippen LogP contribution in [0, 0.1) is 6.92 Å². The summed E-state index contributed by atoms with van der Waals surface area (Å²) in [5.74, 6) is -0.0850. The van der Waals surface area contributed by atoms with Gasteiger partial charge in [-0.2, -0.15) is 0 Å². The highest BCUT2D eigenvalue weighted by molar-refractivity contribution is 7.09. The molecule has 0 unspecified atom stereocenters. The lowest BCUT2D eigenvalue weighted by Gasteiger charge is -2.25. The van der Waals surface area contributed by atoms with Crippen LogP contribution in [0.15, 0.2) is 29.6 Å². The fraction of sp³-hybridized carbons (Fsp3) is 0.353. The average molecular weight is 329 g/mol. The van der Waals surface area contributed by atoms with Gasteiger partial charge in [-0.25, -0.2) is 4.98 Å². The van der Waals surface area contributed by atoms with Crippen LogP contribution in [0.1, 0.15) is 24.3 Å². The highest BCUT2D eigenvalue weighted by atomic mass is 32.1. The molecule has 0 atom stereocenters. The first kappa shape index (κ1) is 15.7. The Hall–Kier alpha value is -2.21. The largest absolute Gasteiger partial charge is 0.333 e.